The zero-order chi connectivity index (χ0) is 14.9. The first kappa shape index (κ1) is 14.6. The van der Waals surface area contributed by atoms with E-state index in [-0.39, 0.29) is 18.0 Å². The fourth-order valence-corrected chi connectivity index (χ4v) is 2.11. The van der Waals surface area contributed by atoms with Gasteiger partial charge in [0.25, 0.3) is 5.69 Å². The summed E-state index contributed by atoms with van der Waals surface area (Å²) < 4.78 is 7.05. The molecule has 6 nitrogen and oxygen atoms in total. The van der Waals surface area contributed by atoms with Crippen LogP contribution in [0.3, 0.4) is 0 Å². The number of aromatic nitrogens is 2. The zero-order valence-corrected chi connectivity index (χ0v) is 12.3. The van der Waals surface area contributed by atoms with Crippen LogP contribution in [0.5, 0.6) is 5.75 Å². The van der Waals surface area contributed by atoms with Gasteiger partial charge in [-0.2, -0.15) is 5.10 Å². The molecule has 0 fully saturated rings. The van der Waals surface area contributed by atoms with Crippen molar-refractivity contribution in [2.75, 3.05) is 0 Å². The fraction of sp³-hybridized carbons (Fsp3) is 0.250. The summed E-state index contributed by atoms with van der Waals surface area (Å²) in [6.07, 6.45) is 0. The van der Waals surface area contributed by atoms with Crippen molar-refractivity contribution in [1.29, 1.82) is 0 Å². The Hall–Kier alpha value is -1.79. The van der Waals surface area contributed by atoms with E-state index >= 15 is 0 Å². The van der Waals surface area contributed by atoms with Crippen molar-refractivity contribution in [2.24, 2.45) is 7.05 Å². The Kier molecular flexibility index (Phi) is 4.15. The summed E-state index contributed by atoms with van der Waals surface area (Å²) in [5.41, 5.74) is 1.37. The third kappa shape index (κ3) is 2.86. The van der Waals surface area contributed by atoms with E-state index in [1.165, 1.54) is 22.9 Å². The van der Waals surface area contributed by atoms with Gasteiger partial charge in [-0.1, -0.05) is 23.2 Å². The zero-order valence-electron chi connectivity index (χ0n) is 10.8. The highest BCUT2D eigenvalue weighted by Crippen LogP contribution is 2.30. The molecular formula is C12H11Cl2N3O3. The van der Waals surface area contributed by atoms with Crippen LogP contribution >= 0.6 is 23.2 Å². The number of nitro groups is 1. The maximum absolute atomic E-state index is 10.7. The first-order valence-corrected chi connectivity index (χ1v) is 6.40. The van der Waals surface area contributed by atoms with E-state index in [0.29, 0.717) is 10.2 Å². The molecule has 0 saturated heterocycles. The van der Waals surface area contributed by atoms with Crippen molar-refractivity contribution in [3.8, 4) is 5.75 Å². The molecule has 0 radical (unpaired) electrons. The lowest BCUT2D eigenvalue weighted by Gasteiger charge is -2.07. The Morgan fingerprint density at radius 2 is 2.15 bits per heavy atom. The average molecular weight is 316 g/mol. The van der Waals surface area contributed by atoms with Gasteiger partial charge in [-0.25, -0.2) is 0 Å². The molecule has 0 unspecified atom stereocenters. The maximum atomic E-state index is 10.7. The maximum Gasteiger partial charge on any atom is 0.273 e. The molecule has 0 saturated carbocycles. The van der Waals surface area contributed by atoms with Gasteiger partial charge in [0.1, 0.15) is 17.5 Å². The highest BCUT2D eigenvalue weighted by Gasteiger charge is 2.15. The number of benzene rings is 1. The standard InChI is InChI=1S/C12H11Cl2N3O3/c1-7-9(12(14)16(2)15-7)6-20-11-5-8(17(18)19)3-4-10(11)13/h3-5H,6H2,1-2H3. The molecule has 0 aliphatic heterocycles. The smallest absolute Gasteiger partial charge is 0.273 e. The molecular weight excluding hydrogens is 305 g/mol. The van der Waals surface area contributed by atoms with Gasteiger partial charge in [0, 0.05) is 18.7 Å². The molecule has 2 aromatic rings. The van der Waals surface area contributed by atoms with E-state index in [2.05, 4.69) is 5.10 Å². The van der Waals surface area contributed by atoms with Crippen LogP contribution in [0, 0.1) is 17.0 Å². The van der Waals surface area contributed by atoms with E-state index in [0.717, 1.165) is 11.3 Å². The lowest BCUT2D eigenvalue weighted by Crippen LogP contribution is -1.98. The number of nitrogens with zero attached hydrogens (tertiary/aromatic N) is 3. The molecule has 1 aromatic carbocycles. The van der Waals surface area contributed by atoms with Gasteiger partial charge in [-0.15, -0.1) is 0 Å². The van der Waals surface area contributed by atoms with Crippen molar-refractivity contribution >= 4 is 28.9 Å². The van der Waals surface area contributed by atoms with Crippen LogP contribution in [0.15, 0.2) is 18.2 Å². The van der Waals surface area contributed by atoms with Crippen LogP contribution in [-0.4, -0.2) is 14.7 Å². The predicted molar refractivity (Wildman–Crippen MR) is 75.4 cm³/mol. The van der Waals surface area contributed by atoms with Gasteiger partial charge in [0.05, 0.1) is 21.7 Å². The van der Waals surface area contributed by atoms with Crippen molar-refractivity contribution < 1.29 is 9.66 Å². The van der Waals surface area contributed by atoms with Gasteiger partial charge in [0.15, 0.2) is 0 Å². The van der Waals surface area contributed by atoms with Crippen LogP contribution < -0.4 is 4.74 Å². The third-order valence-electron chi connectivity index (χ3n) is 2.77. The Labute approximate surface area is 125 Å². The monoisotopic (exact) mass is 315 g/mol. The number of halogens is 2. The normalized spacial score (nSPS) is 10.6. The summed E-state index contributed by atoms with van der Waals surface area (Å²) in [4.78, 5) is 10.2. The number of aryl methyl sites for hydroxylation is 2. The second-order valence-corrected chi connectivity index (χ2v) is 4.90. The van der Waals surface area contributed by atoms with E-state index in [1.807, 2.05) is 0 Å². The predicted octanol–water partition coefficient (Wildman–Crippen LogP) is 3.52. The number of hydrogen-bond donors (Lipinski definition) is 0. The molecule has 0 amide bonds. The number of rotatable bonds is 4. The number of ether oxygens (including phenoxy) is 1. The molecule has 0 spiro atoms. The van der Waals surface area contributed by atoms with Crippen LogP contribution in [0.1, 0.15) is 11.3 Å². The third-order valence-corrected chi connectivity index (χ3v) is 3.55. The lowest BCUT2D eigenvalue weighted by molar-refractivity contribution is -0.384. The summed E-state index contributed by atoms with van der Waals surface area (Å²) in [6.45, 7) is 1.94. The van der Waals surface area contributed by atoms with E-state index < -0.39 is 4.92 Å². The SMILES string of the molecule is Cc1nn(C)c(Cl)c1COc1cc([N+](=O)[O-])ccc1Cl. The number of hydrogen-bond acceptors (Lipinski definition) is 4. The molecule has 0 N–H and O–H groups in total. The summed E-state index contributed by atoms with van der Waals surface area (Å²) in [6, 6.07) is 4.02. The highest BCUT2D eigenvalue weighted by molar-refractivity contribution is 6.32. The van der Waals surface area contributed by atoms with E-state index in [4.69, 9.17) is 27.9 Å². The van der Waals surface area contributed by atoms with Crippen molar-refractivity contribution in [3.05, 3.63) is 49.7 Å². The number of nitro benzene ring substituents is 1. The molecule has 0 atom stereocenters. The molecule has 0 aliphatic rings. The fourth-order valence-electron chi connectivity index (χ4n) is 1.70. The average Bonchev–Trinajstić information content (AvgIpc) is 2.63. The minimum Gasteiger partial charge on any atom is -0.487 e. The molecule has 8 heteroatoms. The summed E-state index contributed by atoms with van der Waals surface area (Å²) in [5, 5.41) is 15.6. The summed E-state index contributed by atoms with van der Waals surface area (Å²) in [7, 11) is 1.72. The Bertz CT molecular complexity index is 670. The van der Waals surface area contributed by atoms with Gasteiger partial charge in [-0.05, 0) is 13.0 Å². The van der Waals surface area contributed by atoms with Gasteiger partial charge in [0.2, 0.25) is 0 Å². The van der Waals surface area contributed by atoms with Crippen molar-refractivity contribution in [3.63, 3.8) is 0 Å². The Morgan fingerprint density at radius 3 is 2.70 bits per heavy atom. The summed E-state index contributed by atoms with van der Waals surface area (Å²) in [5.74, 6) is 0.236. The van der Waals surface area contributed by atoms with E-state index in [1.54, 1.807) is 14.0 Å². The second kappa shape index (κ2) is 5.68. The molecule has 0 aliphatic carbocycles. The molecule has 0 bridgehead atoms. The quantitative estimate of drug-likeness (QED) is 0.639. The first-order valence-electron chi connectivity index (χ1n) is 5.65. The Balaban J connectivity index is 2.22. The van der Waals surface area contributed by atoms with Crippen LogP contribution in [0.25, 0.3) is 0 Å². The molecule has 20 heavy (non-hydrogen) atoms. The first-order chi connectivity index (χ1) is 9.40. The van der Waals surface area contributed by atoms with Crippen LogP contribution in [0.2, 0.25) is 10.2 Å². The Morgan fingerprint density at radius 1 is 1.45 bits per heavy atom. The minimum absolute atomic E-state index is 0.0848. The van der Waals surface area contributed by atoms with Gasteiger partial charge >= 0.3 is 0 Å². The topological polar surface area (TPSA) is 70.2 Å². The van der Waals surface area contributed by atoms with Crippen molar-refractivity contribution in [1.82, 2.24) is 9.78 Å². The lowest BCUT2D eigenvalue weighted by atomic mass is 10.2. The van der Waals surface area contributed by atoms with Crippen molar-refractivity contribution in [2.45, 2.75) is 13.5 Å². The van der Waals surface area contributed by atoms with Crippen LogP contribution in [-0.2, 0) is 13.7 Å². The second-order valence-electron chi connectivity index (χ2n) is 4.14. The summed E-state index contributed by atoms with van der Waals surface area (Å²) >= 11 is 12.0. The molecule has 1 aromatic heterocycles. The molecule has 1 heterocycles. The van der Waals surface area contributed by atoms with E-state index in [9.17, 15) is 10.1 Å². The molecule has 106 valence electrons. The van der Waals surface area contributed by atoms with Crippen LogP contribution in [0.4, 0.5) is 5.69 Å². The minimum atomic E-state index is -0.508. The highest BCUT2D eigenvalue weighted by atomic mass is 35.5. The van der Waals surface area contributed by atoms with Gasteiger partial charge < -0.3 is 4.74 Å². The number of non-ortho nitro benzene ring substituents is 1. The molecule has 2 rings (SSSR count). The largest absolute Gasteiger partial charge is 0.487 e. The van der Waals surface area contributed by atoms with Gasteiger partial charge in [-0.3, -0.25) is 14.8 Å².